The topological polar surface area (TPSA) is 20.3 Å². The molecular weight excluding hydrogens is 234 g/mol. The fourth-order valence-electron chi connectivity index (χ4n) is 2.83. The predicted molar refractivity (Wildman–Crippen MR) is 77.6 cm³/mol. The van der Waals surface area contributed by atoms with Crippen molar-refractivity contribution < 1.29 is 4.79 Å². The lowest BCUT2D eigenvalue weighted by Crippen LogP contribution is -2.34. The van der Waals surface area contributed by atoms with E-state index in [1.165, 1.54) is 32.1 Å². The predicted octanol–water partition coefficient (Wildman–Crippen LogP) is 3.55. The minimum Gasteiger partial charge on any atom is -0.338 e. The van der Waals surface area contributed by atoms with E-state index < -0.39 is 0 Å². The molecule has 104 valence electrons. The van der Waals surface area contributed by atoms with Gasteiger partial charge in [-0.15, -0.1) is 0 Å². The van der Waals surface area contributed by atoms with Crippen molar-refractivity contribution in [2.24, 2.45) is 17.8 Å². The Morgan fingerprint density at radius 1 is 1.16 bits per heavy atom. The number of amides is 1. The lowest BCUT2D eigenvalue weighted by atomic mass is 9.94. The Morgan fingerprint density at radius 2 is 2.00 bits per heavy atom. The lowest BCUT2D eigenvalue weighted by Gasteiger charge is -2.21. The average Bonchev–Trinajstić information content (AvgIpc) is 3.30. The van der Waals surface area contributed by atoms with E-state index in [0.29, 0.717) is 17.7 Å². The van der Waals surface area contributed by atoms with E-state index in [0.717, 1.165) is 31.8 Å². The molecule has 2 heteroatoms. The minimum atomic E-state index is 0.366. The zero-order valence-corrected chi connectivity index (χ0v) is 11.8. The summed E-state index contributed by atoms with van der Waals surface area (Å²) in [7, 11) is 0. The van der Waals surface area contributed by atoms with E-state index >= 15 is 0 Å². The number of carbonyl (C=O) groups excluding carboxylic acids is 1. The molecule has 0 aromatic heterocycles. The van der Waals surface area contributed by atoms with Gasteiger partial charge in [0.15, 0.2) is 0 Å². The van der Waals surface area contributed by atoms with Gasteiger partial charge in [-0.1, -0.05) is 24.3 Å². The highest BCUT2D eigenvalue weighted by Gasteiger charge is 2.35. The van der Waals surface area contributed by atoms with Gasteiger partial charge in [0.1, 0.15) is 0 Å². The molecule has 2 nitrogen and oxygen atoms in total. The summed E-state index contributed by atoms with van der Waals surface area (Å²) in [5.74, 6) is 2.28. The number of nitrogens with zero attached hydrogens (tertiary/aromatic N) is 1. The average molecular weight is 259 g/mol. The fraction of sp³-hybridized carbons (Fsp3) is 0.706. The van der Waals surface area contributed by atoms with Crippen LogP contribution in [0.3, 0.4) is 0 Å². The summed E-state index contributed by atoms with van der Waals surface area (Å²) in [4.78, 5) is 14.3. The first kappa shape index (κ1) is 13.0. The molecule has 3 aliphatic rings. The largest absolute Gasteiger partial charge is 0.338 e. The molecule has 0 N–H and O–H groups in total. The summed E-state index contributed by atoms with van der Waals surface area (Å²) < 4.78 is 0. The Kier molecular flexibility index (Phi) is 4.05. The lowest BCUT2D eigenvalue weighted by molar-refractivity contribution is -0.132. The van der Waals surface area contributed by atoms with E-state index in [9.17, 15) is 4.79 Å². The third kappa shape index (κ3) is 3.95. The Bertz CT molecular complexity index is 377. The van der Waals surface area contributed by atoms with Crippen molar-refractivity contribution in [2.45, 2.75) is 44.9 Å². The minimum absolute atomic E-state index is 0.366. The van der Waals surface area contributed by atoms with Crippen LogP contribution in [0.25, 0.3) is 0 Å². The maximum absolute atomic E-state index is 12.2. The molecule has 0 radical (unpaired) electrons. The van der Waals surface area contributed by atoms with Crippen LogP contribution in [0.5, 0.6) is 0 Å². The number of carbonyl (C=O) groups is 1. The van der Waals surface area contributed by atoms with Gasteiger partial charge in [-0.25, -0.2) is 0 Å². The van der Waals surface area contributed by atoms with Gasteiger partial charge in [-0.3, -0.25) is 4.79 Å². The summed E-state index contributed by atoms with van der Waals surface area (Å²) in [6, 6.07) is 0. The normalized spacial score (nSPS) is 26.8. The molecule has 2 fully saturated rings. The first-order valence-corrected chi connectivity index (χ1v) is 7.93. The van der Waals surface area contributed by atoms with Crippen molar-refractivity contribution in [1.29, 1.82) is 0 Å². The second-order valence-corrected chi connectivity index (χ2v) is 6.43. The van der Waals surface area contributed by atoms with E-state index in [1.54, 1.807) is 0 Å². The Morgan fingerprint density at radius 3 is 2.63 bits per heavy atom. The van der Waals surface area contributed by atoms with Gasteiger partial charge in [0, 0.05) is 19.0 Å². The molecule has 1 atom stereocenters. The van der Waals surface area contributed by atoms with Crippen molar-refractivity contribution in [3.63, 3.8) is 0 Å². The summed E-state index contributed by atoms with van der Waals surface area (Å²) in [6.45, 7) is 1.84. The van der Waals surface area contributed by atoms with Crippen LogP contribution in [0.4, 0.5) is 0 Å². The van der Waals surface area contributed by atoms with E-state index in [1.807, 2.05) is 0 Å². The highest BCUT2D eigenvalue weighted by molar-refractivity contribution is 5.81. The summed E-state index contributed by atoms with van der Waals surface area (Å²) in [5, 5.41) is 0. The molecule has 0 bridgehead atoms. The van der Waals surface area contributed by atoms with E-state index in [4.69, 9.17) is 0 Å². The maximum Gasteiger partial charge on any atom is 0.225 e. The van der Waals surface area contributed by atoms with Gasteiger partial charge in [-0.2, -0.15) is 0 Å². The van der Waals surface area contributed by atoms with Gasteiger partial charge in [0.25, 0.3) is 0 Å². The Balaban J connectivity index is 1.49. The SMILES string of the molecule is O=C(C1CC1)N(C/C=C\C1CC=CCC1)CC1CC1. The summed E-state index contributed by atoms with van der Waals surface area (Å²) in [6.07, 6.45) is 17.7. The number of hydrogen-bond acceptors (Lipinski definition) is 1. The van der Waals surface area contributed by atoms with Crippen LogP contribution in [0, 0.1) is 17.8 Å². The van der Waals surface area contributed by atoms with Crippen LogP contribution in [0.1, 0.15) is 44.9 Å². The van der Waals surface area contributed by atoms with E-state index in [-0.39, 0.29) is 0 Å². The zero-order valence-electron chi connectivity index (χ0n) is 11.8. The Hall–Kier alpha value is -1.05. The Labute approximate surface area is 116 Å². The highest BCUT2D eigenvalue weighted by Crippen LogP contribution is 2.34. The van der Waals surface area contributed by atoms with Crippen molar-refractivity contribution in [2.75, 3.05) is 13.1 Å². The smallest absolute Gasteiger partial charge is 0.225 e. The summed E-state index contributed by atoms with van der Waals surface area (Å²) >= 11 is 0. The molecule has 1 amide bonds. The second kappa shape index (κ2) is 5.94. The molecule has 3 rings (SSSR count). The molecule has 0 aromatic carbocycles. The van der Waals surface area contributed by atoms with Crippen molar-refractivity contribution in [3.8, 4) is 0 Å². The van der Waals surface area contributed by atoms with Gasteiger partial charge >= 0.3 is 0 Å². The van der Waals surface area contributed by atoms with Crippen LogP contribution in [-0.4, -0.2) is 23.9 Å². The molecule has 0 aliphatic heterocycles. The van der Waals surface area contributed by atoms with Gasteiger partial charge in [-0.05, 0) is 56.8 Å². The van der Waals surface area contributed by atoms with E-state index in [2.05, 4.69) is 29.2 Å². The monoisotopic (exact) mass is 259 g/mol. The molecule has 0 spiro atoms. The molecule has 0 heterocycles. The number of allylic oxidation sites excluding steroid dienone is 3. The fourth-order valence-corrected chi connectivity index (χ4v) is 2.83. The van der Waals surface area contributed by atoms with Gasteiger partial charge < -0.3 is 4.90 Å². The molecular formula is C17H25NO. The maximum atomic E-state index is 12.2. The third-order valence-electron chi connectivity index (χ3n) is 4.46. The van der Waals surface area contributed by atoms with Crippen LogP contribution in [0.2, 0.25) is 0 Å². The molecule has 3 aliphatic carbocycles. The van der Waals surface area contributed by atoms with Crippen molar-refractivity contribution in [1.82, 2.24) is 4.90 Å². The second-order valence-electron chi connectivity index (χ2n) is 6.43. The van der Waals surface area contributed by atoms with Gasteiger partial charge in [0.05, 0.1) is 0 Å². The molecule has 0 saturated heterocycles. The quantitative estimate of drug-likeness (QED) is 0.668. The first-order chi connectivity index (χ1) is 9.33. The highest BCUT2D eigenvalue weighted by atomic mass is 16.2. The third-order valence-corrected chi connectivity index (χ3v) is 4.46. The summed E-state index contributed by atoms with van der Waals surface area (Å²) in [5.41, 5.74) is 0. The van der Waals surface area contributed by atoms with Crippen molar-refractivity contribution >= 4 is 5.91 Å². The first-order valence-electron chi connectivity index (χ1n) is 7.93. The standard InChI is InChI=1S/C17H25NO/c19-17(16-10-11-16)18(13-15-8-9-15)12-4-7-14-5-2-1-3-6-14/h1-2,4,7,14-16H,3,5-6,8-13H2/b7-4-. The van der Waals surface area contributed by atoms with Crippen molar-refractivity contribution in [3.05, 3.63) is 24.3 Å². The van der Waals surface area contributed by atoms with Crippen LogP contribution in [0.15, 0.2) is 24.3 Å². The molecule has 2 saturated carbocycles. The van der Waals surface area contributed by atoms with Crippen LogP contribution < -0.4 is 0 Å². The molecule has 19 heavy (non-hydrogen) atoms. The zero-order chi connectivity index (χ0) is 13.1. The van der Waals surface area contributed by atoms with Crippen LogP contribution >= 0.6 is 0 Å². The molecule has 1 unspecified atom stereocenters. The molecule has 0 aromatic rings. The number of rotatable bonds is 6. The number of hydrogen-bond donors (Lipinski definition) is 0. The van der Waals surface area contributed by atoms with Gasteiger partial charge in [0.2, 0.25) is 5.91 Å². The van der Waals surface area contributed by atoms with Crippen LogP contribution in [-0.2, 0) is 4.79 Å².